The molecule has 0 heterocycles. The summed E-state index contributed by atoms with van der Waals surface area (Å²) in [6.07, 6.45) is -2.53. The van der Waals surface area contributed by atoms with Gasteiger partial charge in [0.1, 0.15) is 12.1 Å². The first-order valence-electron chi connectivity index (χ1n) is 8.46. The summed E-state index contributed by atoms with van der Waals surface area (Å²) < 4.78 is 4.74. The maximum absolute atomic E-state index is 12.2. The fraction of sp³-hybridized carbons (Fsp3) is 0.625. The highest BCUT2D eigenvalue weighted by atomic mass is 32.2. The minimum atomic E-state index is -1.55. The number of carbonyl (C=O) groups excluding carboxylic acids is 4. The molecule has 0 spiro atoms. The van der Waals surface area contributed by atoms with Gasteiger partial charge >= 0.3 is 18.0 Å². The number of ketones is 1. The number of likely N-dealkylation sites (N-methyl/N-ethyl adjacent to an activating group) is 1. The van der Waals surface area contributed by atoms with Gasteiger partial charge in [0.05, 0.1) is 11.9 Å². The summed E-state index contributed by atoms with van der Waals surface area (Å²) in [6, 6.07) is -2.58. The molecule has 0 saturated heterocycles. The number of carboxylic acid groups (broad SMARTS) is 2. The molecule has 0 aliphatic heterocycles. The molecule has 0 rings (SSSR count). The van der Waals surface area contributed by atoms with Crippen LogP contribution in [0.1, 0.15) is 26.7 Å². The van der Waals surface area contributed by atoms with Crippen LogP contribution in [0.25, 0.3) is 0 Å². The number of esters is 1. The fourth-order valence-electron chi connectivity index (χ4n) is 1.79. The summed E-state index contributed by atoms with van der Waals surface area (Å²) >= 11 is 0.829. The Hall–Kier alpha value is -2.67. The van der Waals surface area contributed by atoms with Gasteiger partial charge in [0.15, 0.2) is 0 Å². The number of amides is 3. The monoisotopic (exact) mass is 435 g/mol. The van der Waals surface area contributed by atoms with Crippen molar-refractivity contribution in [2.24, 2.45) is 5.73 Å². The largest absolute Gasteiger partial charge is 0.480 e. The van der Waals surface area contributed by atoms with Crippen LogP contribution in [-0.4, -0.2) is 87.5 Å². The quantitative estimate of drug-likeness (QED) is 0.218. The van der Waals surface area contributed by atoms with Gasteiger partial charge in [-0.2, -0.15) is 11.8 Å². The number of ether oxygens (including phenoxy) is 1. The van der Waals surface area contributed by atoms with Crippen molar-refractivity contribution in [3.63, 3.8) is 0 Å². The summed E-state index contributed by atoms with van der Waals surface area (Å²) in [5.41, 5.74) is 5.30. The van der Waals surface area contributed by atoms with Gasteiger partial charge in [-0.15, -0.1) is 0 Å². The van der Waals surface area contributed by atoms with E-state index in [1.54, 1.807) is 13.8 Å². The van der Waals surface area contributed by atoms with Gasteiger partial charge in [-0.05, 0) is 20.3 Å². The number of hydrogen-bond donors (Lipinski definition) is 4. The molecule has 0 aliphatic carbocycles. The second-order valence-corrected chi connectivity index (χ2v) is 7.21. The number of imide groups is 1. The maximum Gasteiger partial charge on any atom is 0.413 e. The van der Waals surface area contributed by atoms with Crippen molar-refractivity contribution in [1.82, 2.24) is 10.2 Å². The van der Waals surface area contributed by atoms with Crippen molar-refractivity contribution >= 4 is 47.4 Å². The second-order valence-electron chi connectivity index (χ2n) is 6.18. The standard InChI is InChI=1S/C16H25N3O9S/c1-8(2)28-15(25)11(20)7-29-6-10(13(22)19(3)16(26)27)18-12(21)5-4-9(17)14(23)24/h8-10H,4-7,17H2,1-3H3,(H,18,21)(H,23,24)(H,26,27). The predicted molar refractivity (Wildman–Crippen MR) is 101 cm³/mol. The summed E-state index contributed by atoms with van der Waals surface area (Å²) in [5.74, 6) is -5.40. The molecule has 2 atom stereocenters. The van der Waals surface area contributed by atoms with Crippen LogP contribution >= 0.6 is 11.8 Å². The van der Waals surface area contributed by atoms with E-state index in [1.165, 1.54) is 0 Å². The molecule has 2 unspecified atom stereocenters. The molecule has 0 fully saturated rings. The van der Waals surface area contributed by atoms with Gasteiger partial charge in [-0.3, -0.25) is 19.2 Å². The van der Waals surface area contributed by atoms with Crippen LogP contribution in [0.5, 0.6) is 0 Å². The summed E-state index contributed by atoms with van der Waals surface area (Å²) in [5, 5.41) is 19.9. The smallest absolute Gasteiger partial charge is 0.413 e. The molecule has 12 nitrogen and oxygen atoms in total. The Balaban J connectivity index is 4.90. The number of carboxylic acids is 1. The molecule has 164 valence electrons. The van der Waals surface area contributed by atoms with Crippen molar-refractivity contribution in [2.45, 2.75) is 44.9 Å². The summed E-state index contributed by atoms with van der Waals surface area (Å²) in [4.78, 5) is 69.4. The average Bonchev–Trinajstić information content (AvgIpc) is 2.62. The molecule has 0 bridgehead atoms. The number of rotatable bonds is 12. The number of aliphatic carboxylic acids is 1. The van der Waals surface area contributed by atoms with Crippen molar-refractivity contribution in [1.29, 1.82) is 0 Å². The third kappa shape index (κ3) is 10.4. The highest BCUT2D eigenvalue weighted by molar-refractivity contribution is 8.00. The highest BCUT2D eigenvalue weighted by Crippen LogP contribution is 2.08. The second kappa shape index (κ2) is 12.7. The van der Waals surface area contributed by atoms with E-state index in [0.717, 1.165) is 18.8 Å². The molecule has 0 aromatic carbocycles. The first kappa shape index (κ1) is 26.3. The third-order valence-electron chi connectivity index (χ3n) is 3.34. The van der Waals surface area contributed by atoms with Gasteiger partial charge in [-0.1, -0.05) is 0 Å². The van der Waals surface area contributed by atoms with E-state index in [2.05, 4.69) is 5.32 Å². The van der Waals surface area contributed by atoms with Gasteiger partial charge in [-0.25, -0.2) is 14.5 Å². The molecule has 0 aromatic rings. The van der Waals surface area contributed by atoms with Gasteiger partial charge < -0.3 is 26.0 Å². The van der Waals surface area contributed by atoms with Crippen LogP contribution in [0, 0.1) is 0 Å². The number of nitrogens with two attached hydrogens (primary N) is 1. The minimum Gasteiger partial charge on any atom is -0.480 e. The third-order valence-corrected chi connectivity index (χ3v) is 4.37. The van der Waals surface area contributed by atoms with Gasteiger partial charge in [0.25, 0.3) is 5.91 Å². The lowest BCUT2D eigenvalue weighted by atomic mass is 10.1. The highest BCUT2D eigenvalue weighted by Gasteiger charge is 2.28. The normalized spacial score (nSPS) is 12.6. The summed E-state index contributed by atoms with van der Waals surface area (Å²) in [6.45, 7) is 3.14. The van der Waals surface area contributed by atoms with Crippen LogP contribution in [0.15, 0.2) is 0 Å². The fourth-order valence-corrected chi connectivity index (χ4v) is 2.67. The molecular formula is C16H25N3O9S. The molecule has 29 heavy (non-hydrogen) atoms. The number of hydrogen-bond acceptors (Lipinski definition) is 9. The Morgan fingerprint density at radius 2 is 1.72 bits per heavy atom. The molecule has 0 radical (unpaired) electrons. The maximum atomic E-state index is 12.2. The zero-order valence-electron chi connectivity index (χ0n) is 16.2. The first-order valence-corrected chi connectivity index (χ1v) is 9.62. The van der Waals surface area contributed by atoms with E-state index in [0.29, 0.717) is 4.90 Å². The molecule has 5 N–H and O–H groups in total. The lowest BCUT2D eigenvalue weighted by Crippen LogP contribution is -2.50. The Morgan fingerprint density at radius 1 is 1.14 bits per heavy atom. The van der Waals surface area contributed by atoms with E-state index in [9.17, 15) is 28.8 Å². The van der Waals surface area contributed by atoms with Gasteiger partial charge in [0.2, 0.25) is 11.7 Å². The van der Waals surface area contributed by atoms with E-state index in [1.807, 2.05) is 0 Å². The number of nitrogens with zero attached hydrogens (tertiary/aromatic N) is 1. The number of carbonyl (C=O) groups is 6. The first-order chi connectivity index (χ1) is 13.4. The topological polar surface area (TPSA) is 193 Å². The summed E-state index contributed by atoms with van der Waals surface area (Å²) in [7, 11) is 0.986. The van der Waals surface area contributed by atoms with Crippen LogP contribution < -0.4 is 11.1 Å². The number of Topliss-reactive ketones (excluding diaryl/α,β-unsaturated/α-hetero) is 1. The SMILES string of the molecule is CC(C)OC(=O)C(=O)CSCC(NC(=O)CCC(N)C(=O)O)C(=O)N(C)C(=O)O. The Morgan fingerprint density at radius 3 is 2.21 bits per heavy atom. The number of nitrogens with one attached hydrogen (secondary N) is 1. The van der Waals surface area contributed by atoms with E-state index in [4.69, 9.17) is 20.7 Å². The van der Waals surface area contributed by atoms with Gasteiger partial charge in [0, 0.05) is 19.2 Å². The Labute approximate surface area is 171 Å². The van der Waals surface area contributed by atoms with Crippen LogP contribution in [-0.2, 0) is 28.7 Å². The molecule has 0 aliphatic rings. The van der Waals surface area contributed by atoms with Crippen molar-refractivity contribution in [3.05, 3.63) is 0 Å². The lowest BCUT2D eigenvalue weighted by Gasteiger charge is -2.21. The van der Waals surface area contributed by atoms with Crippen LogP contribution in [0.3, 0.4) is 0 Å². The van der Waals surface area contributed by atoms with E-state index in [-0.39, 0.29) is 24.3 Å². The predicted octanol–water partition coefficient (Wildman–Crippen LogP) is -0.946. The van der Waals surface area contributed by atoms with Crippen molar-refractivity contribution in [3.8, 4) is 0 Å². The van der Waals surface area contributed by atoms with Crippen molar-refractivity contribution in [2.75, 3.05) is 18.6 Å². The van der Waals surface area contributed by atoms with Crippen LogP contribution in [0.2, 0.25) is 0 Å². The lowest BCUT2D eigenvalue weighted by molar-refractivity contribution is -0.155. The average molecular weight is 435 g/mol. The molecule has 13 heteroatoms. The molecule has 0 aromatic heterocycles. The number of thioether (sulfide) groups is 1. The molecule has 0 saturated carbocycles. The van der Waals surface area contributed by atoms with E-state index >= 15 is 0 Å². The molecular weight excluding hydrogens is 410 g/mol. The van der Waals surface area contributed by atoms with Crippen molar-refractivity contribution < 1.29 is 43.7 Å². The zero-order valence-corrected chi connectivity index (χ0v) is 17.1. The Kier molecular flexibility index (Phi) is 11.6. The van der Waals surface area contributed by atoms with Crippen LogP contribution in [0.4, 0.5) is 4.79 Å². The van der Waals surface area contributed by atoms with E-state index < -0.39 is 53.8 Å². The minimum absolute atomic E-state index is 0.191. The molecule has 3 amide bonds. The Bertz CT molecular complexity index is 654. The zero-order chi connectivity index (χ0) is 22.7.